The summed E-state index contributed by atoms with van der Waals surface area (Å²) >= 11 is 5.85. The van der Waals surface area contributed by atoms with E-state index in [2.05, 4.69) is 18.8 Å². The number of nitrogens with zero attached hydrogens (tertiary/aromatic N) is 2. The molecule has 0 bridgehead atoms. The average Bonchev–Trinajstić information content (AvgIpc) is 2.33. The summed E-state index contributed by atoms with van der Waals surface area (Å²) in [6.07, 6.45) is 3.31. The normalized spacial score (nSPS) is 10.6. The summed E-state index contributed by atoms with van der Waals surface area (Å²) in [5.41, 5.74) is 5.98. The molecule has 0 aliphatic carbocycles. The summed E-state index contributed by atoms with van der Waals surface area (Å²) in [6, 6.07) is 1.80. The lowest BCUT2D eigenvalue weighted by molar-refractivity contribution is 0.0723. The van der Waals surface area contributed by atoms with Crippen LogP contribution in [0.5, 0.6) is 0 Å². The summed E-state index contributed by atoms with van der Waals surface area (Å²) in [5.74, 6) is 0.168. The van der Waals surface area contributed by atoms with E-state index in [0.29, 0.717) is 10.6 Å². The van der Waals surface area contributed by atoms with Gasteiger partial charge in [0, 0.05) is 19.3 Å². The van der Waals surface area contributed by atoms with Gasteiger partial charge in [-0.25, -0.2) is 4.98 Å². The van der Waals surface area contributed by atoms with E-state index in [4.69, 9.17) is 17.3 Å². The first-order chi connectivity index (χ1) is 8.01. The molecule has 0 spiro atoms. The molecule has 2 N–H and O–H groups in total. The fourth-order valence-electron chi connectivity index (χ4n) is 1.77. The molecule has 0 aliphatic rings. The van der Waals surface area contributed by atoms with Crippen molar-refractivity contribution >= 4 is 23.3 Å². The zero-order valence-corrected chi connectivity index (χ0v) is 11.2. The Morgan fingerprint density at radius 3 is 2.59 bits per heavy atom. The maximum atomic E-state index is 12.2. The van der Waals surface area contributed by atoms with Crippen LogP contribution in [0.4, 0.5) is 5.82 Å². The molecule has 0 saturated heterocycles. The molecular weight excluding hydrogens is 238 g/mol. The topological polar surface area (TPSA) is 59.2 Å². The molecule has 0 atom stereocenters. The first-order valence-electron chi connectivity index (χ1n) is 5.69. The fourth-order valence-corrected chi connectivity index (χ4v) is 1.94. The number of halogens is 1. The molecule has 0 radical (unpaired) electrons. The number of nitrogens with two attached hydrogens (primary N) is 1. The van der Waals surface area contributed by atoms with Gasteiger partial charge >= 0.3 is 0 Å². The molecule has 1 amide bonds. The second kappa shape index (κ2) is 5.87. The largest absolute Gasteiger partial charge is 0.382 e. The summed E-state index contributed by atoms with van der Waals surface area (Å²) < 4.78 is 0. The third-order valence-corrected chi connectivity index (χ3v) is 3.23. The van der Waals surface area contributed by atoms with E-state index in [1.54, 1.807) is 18.0 Å². The minimum atomic E-state index is -0.0758. The van der Waals surface area contributed by atoms with Gasteiger partial charge in [0.1, 0.15) is 5.82 Å². The van der Waals surface area contributed by atoms with Gasteiger partial charge in [-0.1, -0.05) is 25.4 Å². The monoisotopic (exact) mass is 255 g/mol. The Morgan fingerprint density at radius 1 is 1.53 bits per heavy atom. The number of hydrogen-bond donors (Lipinski definition) is 1. The van der Waals surface area contributed by atoms with E-state index in [-0.39, 0.29) is 17.8 Å². The minimum Gasteiger partial charge on any atom is -0.382 e. The van der Waals surface area contributed by atoms with Crippen LogP contribution in [0.2, 0.25) is 5.02 Å². The number of anilines is 1. The third kappa shape index (κ3) is 3.09. The number of carbonyl (C=O) groups is 1. The standard InChI is InChI=1S/C12H18ClN3O/c1-4-9(5-2)16(3)12(17)8-6-10(13)11(14)15-7-8/h6-7,9H,4-5H2,1-3H3,(H2,14,15). The number of amides is 1. The van der Waals surface area contributed by atoms with Crippen LogP contribution < -0.4 is 5.73 Å². The van der Waals surface area contributed by atoms with Crippen molar-refractivity contribution < 1.29 is 4.79 Å². The Labute approximate surface area is 107 Å². The van der Waals surface area contributed by atoms with Crippen LogP contribution in [0.15, 0.2) is 12.3 Å². The number of aromatic nitrogens is 1. The predicted molar refractivity (Wildman–Crippen MR) is 70.1 cm³/mol. The van der Waals surface area contributed by atoms with Gasteiger partial charge in [0.15, 0.2) is 0 Å². The highest BCUT2D eigenvalue weighted by molar-refractivity contribution is 6.33. The second-order valence-electron chi connectivity index (χ2n) is 3.98. The van der Waals surface area contributed by atoms with Crippen molar-refractivity contribution in [3.05, 3.63) is 22.8 Å². The molecule has 4 nitrogen and oxygen atoms in total. The second-order valence-corrected chi connectivity index (χ2v) is 4.38. The Morgan fingerprint density at radius 2 is 2.12 bits per heavy atom. The summed E-state index contributed by atoms with van der Waals surface area (Å²) in [6.45, 7) is 4.12. The van der Waals surface area contributed by atoms with Gasteiger partial charge < -0.3 is 10.6 Å². The summed E-state index contributed by atoms with van der Waals surface area (Å²) in [5, 5.41) is 0.314. The highest BCUT2D eigenvalue weighted by Crippen LogP contribution is 2.19. The molecule has 0 saturated carbocycles. The van der Waals surface area contributed by atoms with Crippen LogP contribution in [-0.4, -0.2) is 28.9 Å². The molecule has 1 heterocycles. The number of hydrogen-bond acceptors (Lipinski definition) is 3. The summed E-state index contributed by atoms with van der Waals surface area (Å²) in [7, 11) is 1.80. The zero-order valence-electron chi connectivity index (χ0n) is 10.4. The molecule has 0 fully saturated rings. The molecule has 17 heavy (non-hydrogen) atoms. The highest BCUT2D eigenvalue weighted by atomic mass is 35.5. The first-order valence-corrected chi connectivity index (χ1v) is 6.07. The highest BCUT2D eigenvalue weighted by Gasteiger charge is 2.19. The van der Waals surface area contributed by atoms with Crippen LogP contribution in [0.3, 0.4) is 0 Å². The molecule has 1 aromatic heterocycles. The van der Waals surface area contributed by atoms with E-state index in [9.17, 15) is 4.79 Å². The van der Waals surface area contributed by atoms with Gasteiger partial charge in [-0.3, -0.25) is 4.79 Å². The number of nitrogen functional groups attached to an aromatic ring is 1. The third-order valence-electron chi connectivity index (χ3n) is 2.93. The minimum absolute atomic E-state index is 0.0758. The summed E-state index contributed by atoms with van der Waals surface area (Å²) in [4.78, 5) is 17.8. The van der Waals surface area contributed by atoms with Crippen LogP contribution >= 0.6 is 11.6 Å². The number of carbonyl (C=O) groups excluding carboxylic acids is 1. The van der Waals surface area contributed by atoms with Gasteiger partial charge in [0.05, 0.1) is 10.6 Å². The van der Waals surface area contributed by atoms with E-state index in [0.717, 1.165) is 12.8 Å². The van der Waals surface area contributed by atoms with Crippen molar-refractivity contribution in [1.82, 2.24) is 9.88 Å². The van der Waals surface area contributed by atoms with E-state index >= 15 is 0 Å². The van der Waals surface area contributed by atoms with Crippen LogP contribution in [0.25, 0.3) is 0 Å². The van der Waals surface area contributed by atoms with Crippen molar-refractivity contribution in [3.8, 4) is 0 Å². The van der Waals surface area contributed by atoms with Gasteiger partial charge in [-0.05, 0) is 18.9 Å². The number of rotatable bonds is 4. The molecule has 1 rings (SSSR count). The maximum Gasteiger partial charge on any atom is 0.255 e. The molecular formula is C12H18ClN3O. The molecule has 0 aromatic carbocycles. The molecule has 0 unspecified atom stereocenters. The molecule has 0 aliphatic heterocycles. The van der Waals surface area contributed by atoms with Crippen molar-refractivity contribution in [2.75, 3.05) is 12.8 Å². The number of pyridine rings is 1. The van der Waals surface area contributed by atoms with E-state index in [1.165, 1.54) is 6.20 Å². The molecule has 5 heteroatoms. The SMILES string of the molecule is CCC(CC)N(C)C(=O)c1cnc(N)c(Cl)c1. The molecule has 94 valence electrons. The van der Waals surface area contributed by atoms with Gasteiger partial charge in [-0.15, -0.1) is 0 Å². The Balaban J connectivity index is 2.92. The van der Waals surface area contributed by atoms with Crippen LogP contribution in [0.1, 0.15) is 37.0 Å². The van der Waals surface area contributed by atoms with E-state index < -0.39 is 0 Å². The van der Waals surface area contributed by atoms with Crippen LogP contribution in [-0.2, 0) is 0 Å². The maximum absolute atomic E-state index is 12.2. The van der Waals surface area contributed by atoms with Crippen LogP contribution in [0, 0.1) is 0 Å². The Bertz CT molecular complexity index is 405. The fraction of sp³-hybridized carbons (Fsp3) is 0.500. The predicted octanol–water partition coefficient (Wildman–Crippen LogP) is 2.58. The smallest absolute Gasteiger partial charge is 0.255 e. The zero-order chi connectivity index (χ0) is 13.0. The quantitative estimate of drug-likeness (QED) is 0.900. The van der Waals surface area contributed by atoms with Crippen molar-refractivity contribution in [2.24, 2.45) is 0 Å². The van der Waals surface area contributed by atoms with E-state index in [1.807, 2.05) is 0 Å². The van der Waals surface area contributed by atoms with Crippen molar-refractivity contribution in [2.45, 2.75) is 32.7 Å². The van der Waals surface area contributed by atoms with Gasteiger partial charge in [0.25, 0.3) is 5.91 Å². The lowest BCUT2D eigenvalue weighted by Crippen LogP contribution is -2.36. The molecule has 1 aromatic rings. The Hall–Kier alpha value is -1.29. The lowest BCUT2D eigenvalue weighted by atomic mass is 10.1. The lowest BCUT2D eigenvalue weighted by Gasteiger charge is -2.26. The van der Waals surface area contributed by atoms with Gasteiger partial charge in [0.2, 0.25) is 0 Å². The first kappa shape index (κ1) is 13.8. The van der Waals surface area contributed by atoms with Gasteiger partial charge in [-0.2, -0.15) is 0 Å². The Kier molecular flexibility index (Phi) is 4.75. The average molecular weight is 256 g/mol. The van der Waals surface area contributed by atoms with Crippen molar-refractivity contribution in [3.63, 3.8) is 0 Å². The van der Waals surface area contributed by atoms with Crippen molar-refractivity contribution in [1.29, 1.82) is 0 Å².